The average molecular weight is 298 g/mol. The summed E-state index contributed by atoms with van der Waals surface area (Å²) in [5.41, 5.74) is 2.85. The Kier molecular flexibility index (Phi) is 4.15. The van der Waals surface area contributed by atoms with Crippen LogP contribution in [0.25, 0.3) is 11.3 Å². The summed E-state index contributed by atoms with van der Waals surface area (Å²) in [6.45, 7) is 2.00. The number of rotatable bonds is 3. The van der Waals surface area contributed by atoms with Crippen molar-refractivity contribution >= 4 is 22.9 Å². The van der Waals surface area contributed by atoms with Crippen LogP contribution in [-0.4, -0.2) is 10.9 Å². The highest BCUT2D eigenvalue weighted by Gasteiger charge is 2.18. The fourth-order valence-corrected chi connectivity index (χ4v) is 3.15. The van der Waals surface area contributed by atoms with Gasteiger partial charge in [0, 0.05) is 22.5 Å². The molecule has 1 aromatic heterocycles. The number of nitrogens with zero attached hydrogens (tertiary/aromatic N) is 1. The third-order valence-corrected chi connectivity index (χ3v) is 4.46. The van der Waals surface area contributed by atoms with Crippen molar-refractivity contribution in [2.45, 2.75) is 26.2 Å². The molecule has 0 aliphatic heterocycles. The van der Waals surface area contributed by atoms with Crippen LogP contribution >= 0.6 is 11.3 Å². The van der Waals surface area contributed by atoms with Gasteiger partial charge in [0.1, 0.15) is 0 Å². The molecule has 1 atom stereocenters. The molecule has 1 amide bonds. The second-order valence-electron chi connectivity index (χ2n) is 5.30. The number of aryl methyl sites for hydroxylation is 1. The summed E-state index contributed by atoms with van der Waals surface area (Å²) in [4.78, 5) is 16.7. The van der Waals surface area contributed by atoms with Crippen molar-refractivity contribution in [3.63, 3.8) is 0 Å². The van der Waals surface area contributed by atoms with Crippen LogP contribution in [0.5, 0.6) is 0 Å². The Hall–Kier alpha value is -1.94. The number of thiazole rings is 1. The first-order valence-electron chi connectivity index (χ1n) is 7.21. The van der Waals surface area contributed by atoms with E-state index in [9.17, 15) is 4.79 Å². The van der Waals surface area contributed by atoms with Crippen molar-refractivity contribution in [1.29, 1.82) is 0 Å². The molecule has 108 valence electrons. The molecule has 0 fully saturated rings. The van der Waals surface area contributed by atoms with Crippen LogP contribution in [0.15, 0.2) is 41.8 Å². The van der Waals surface area contributed by atoms with Crippen molar-refractivity contribution in [2.24, 2.45) is 5.92 Å². The van der Waals surface area contributed by atoms with E-state index < -0.39 is 0 Å². The number of anilines is 1. The van der Waals surface area contributed by atoms with Crippen LogP contribution in [0.2, 0.25) is 0 Å². The van der Waals surface area contributed by atoms with E-state index in [0.29, 0.717) is 0 Å². The van der Waals surface area contributed by atoms with Crippen molar-refractivity contribution in [2.75, 3.05) is 5.32 Å². The van der Waals surface area contributed by atoms with Crippen molar-refractivity contribution in [3.8, 4) is 11.3 Å². The van der Waals surface area contributed by atoms with Gasteiger partial charge < -0.3 is 5.32 Å². The highest BCUT2D eigenvalue weighted by molar-refractivity contribution is 7.09. The normalized spacial score (nSPS) is 17.7. The molecular weight excluding hydrogens is 280 g/mol. The minimum Gasteiger partial charge on any atom is -0.326 e. The summed E-state index contributed by atoms with van der Waals surface area (Å²) in [6, 6.07) is 7.90. The summed E-state index contributed by atoms with van der Waals surface area (Å²) in [6.07, 6.45) is 7.03. The molecule has 0 saturated heterocycles. The van der Waals surface area contributed by atoms with Crippen LogP contribution in [0.1, 0.15) is 24.3 Å². The molecule has 1 unspecified atom stereocenters. The van der Waals surface area contributed by atoms with Gasteiger partial charge in [0.05, 0.1) is 10.7 Å². The Morgan fingerprint density at radius 1 is 1.38 bits per heavy atom. The largest absolute Gasteiger partial charge is 0.326 e. The van der Waals surface area contributed by atoms with Crippen LogP contribution in [0.4, 0.5) is 5.69 Å². The number of hydrogen-bond acceptors (Lipinski definition) is 3. The van der Waals surface area contributed by atoms with E-state index >= 15 is 0 Å². The lowest BCUT2D eigenvalue weighted by molar-refractivity contribution is -0.120. The van der Waals surface area contributed by atoms with Gasteiger partial charge >= 0.3 is 0 Å². The predicted octanol–water partition coefficient (Wildman–Crippen LogP) is 4.41. The molecule has 1 aromatic carbocycles. The zero-order chi connectivity index (χ0) is 14.7. The van der Waals surface area contributed by atoms with Crippen molar-refractivity contribution < 1.29 is 4.79 Å². The monoisotopic (exact) mass is 298 g/mol. The van der Waals surface area contributed by atoms with Crippen LogP contribution < -0.4 is 5.32 Å². The van der Waals surface area contributed by atoms with E-state index in [4.69, 9.17) is 0 Å². The number of carbonyl (C=O) groups is 1. The predicted molar refractivity (Wildman–Crippen MR) is 87.4 cm³/mol. The standard InChI is InChI=1S/C17H18N2OS/c1-12-18-16(11-21-12)14-8-5-9-15(10-14)19-17(20)13-6-3-2-4-7-13/h2-3,5,8-11,13H,4,6-7H2,1H3,(H,19,20). The summed E-state index contributed by atoms with van der Waals surface area (Å²) >= 11 is 1.64. The Bertz CT molecular complexity index is 675. The molecular formula is C17H18N2OS. The van der Waals surface area contributed by atoms with Gasteiger partial charge in [0.15, 0.2) is 0 Å². The van der Waals surface area contributed by atoms with Crippen molar-refractivity contribution in [1.82, 2.24) is 4.98 Å². The molecule has 0 radical (unpaired) electrons. The molecule has 1 N–H and O–H groups in total. The minimum absolute atomic E-state index is 0.0974. The fourth-order valence-electron chi connectivity index (χ4n) is 2.53. The van der Waals surface area contributed by atoms with Crippen molar-refractivity contribution in [3.05, 3.63) is 46.8 Å². The highest BCUT2D eigenvalue weighted by Crippen LogP contribution is 2.25. The number of benzene rings is 1. The SMILES string of the molecule is Cc1nc(-c2cccc(NC(=O)C3CC=CCC3)c2)cs1. The molecule has 0 bridgehead atoms. The number of aromatic nitrogens is 1. The molecule has 1 aliphatic carbocycles. The van der Waals surface area contributed by atoms with Crippen LogP contribution in [0.3, 0.4) is 0 Å². The highest BCUT2D eigenvalue weighted by atomic mass is 32.1. The smallest absolute Gasteiger partial charge is 0.227 e. The second kappa shape index (κ2) is 6.22. The molecule has 4 heteroatoms. The van der Waals surface area contributed by atoms with Gasteiger partial charge in [-0.3, -0.25) is 4.79 Å². The lowest BCUT2D eigenvalue weighted by Gasteiger charge is -2.17. The summed E-state index contributed by atoms with van der Waals surface area (Å²) in [5, 5.41) is 6.12. The second-order valence-corrected chi connectivity index (χ2v) is 6.37. The number of amides is 1. The van der Waals surface area contributed by atoms with E-state index in [-0.39, 0.29) is 11.8 Å². The first-order valence-corrected chi connectivity index (χ1v) is 8.09. The first-order chi connectivity index (χ1) is 10.2. The Balaban J connectivity index is 1.74. The summed E-state index contributed by atoms with van der Waals surface area (Å²) < 4.78 is 0. The third kappa shape index (κ3) is 3.39. The Labute approximate surface area is 128 Å². The molecule has 0 spiro atoms. The lowest BCUT2D eigenvalue weighted by Crippen LogP contribution is -2.23. The fraction of sp³-hybridized carbons (Fsp3) is 0.294. The molecule has 1 aliphatic rings. The molecule has 3 nitrogen and oxygen atoms in total. The quantitative estimate of drug-likeness (QED) is 0.853. The number of allylic oxidation sites excluding steroid dienone is 2. The maximum absolute atomic E-state index is 12.3. The van der Waals surface area contributed by atoms with E-state index in [1.54, 1.807) is 11.3 Å². The van der Waals surface area contributed by atoms with E-state index in [1.165, 1.54) is 0 Å². The maximum Gasteiger partial charge on any atom is 0.227 e. The first kappa shape index (κ1) is 14.0. The van der Waals surface area contributed by atoms with E-state index in [2.05, 4.69) is 22.5 Å². The Morgan fingerprint density at radius 2 is 2.29 bits per heavy atom. The van der Waals surface area contributed by atoms with Gasteiger partial charge in [-0.1, -0.05) is 24.3 Å². The number of hydrogen-bond donors (Lipinski definition) is 1. The lowest BCUT2D eigenvalue weighted by atomic mass is 9.93. The van der Waals surface area contributed by atoms with Gasteiger partial charge in [-0.15, -0.1) is 11.3 Å². The topological polar surface area (TPSA) is 42.0 Å². The number of nitrogens with one attached hydrogen (secondary N) is 1. The molecule has 1 heterocycles. The zero-order valence-corrected chi connectivity index (χ0v) is 12.8. The van der Waals surface area contributed by atoms with Gasteiger partial charge in [-0.25, -0.2) is 4.98 Å². The third-order valence-electron chi connectivity index (χ3n) is 3.68. The molecule has 21 heavy (non-hydrogen) atoms. The van der Waals surface area contributed by atoms with Gasteiger partial charge in [0.2, 0.25) is 5.91 Å². The average Bonchev–Trinajstić information content (AvgIpc) is 2.95. The van der Waals surface area contributed by atoms with E-state index in [1.807, 2.05) is 36.6 Å². The number of carbonyl (C=O) groups excluding carboxylic acids is 1. The summed E-state index contributed by atoms with van der Waals surface area (Å²) in [7, 11) is 0. The van der Waals surface area contributed by atoms with Crippen LogP contribution in [0, 0.1) is 12.8 Å². The molecule has 0 saturated carbocycles. The van der Waals surface area contributed by atoms with E-state index in [0.717, 1.165) is 41.2 Å². The van der Waals surface area contributed by atoms with Gasteiger partial charge in [-0.2, -0.15) is 0 Å². The molecule has 2 aromatic rings. The maximum atomic E-state index is 12.3. The van der Waals surface area contributed by atoms with Gasteiger partial charge in [-0.05, 0) is 38.3 Å². The Morgan fingerprint density at radius 3 is 3.00 bits per heavy atom. The van der Waals surface area contributed by atoms with Gasteiger partial charge in [0.25, 0.3) is 0 Å². The van der Waals surface area contributed by atoms with Crippen LogP contribution in [-0.2, 0) is 4.79 Å². The minimum atomic E-state index is 0.0974. The summed E-state index contributed by atoms with van der Waals surface area (Å²) in [5.74, 6) is 0.214. The molecule has 3 rings (SSSR count). The zero-order valence-electron chi connectivity index (χ0n) is 12.0.